The number of carbonyl (C=O) groups excluding carboxylic acids is 1. The normalized spacial score (nSPS) is 10.6. The second-order valence-electron chi connectivity index (χ2n) is 5.65. The van der Waals surface area contributed by atoms with E-state index >= 15 is 0 Å². The van der Waals surface area contributed by atoms with Crippen molar-refractivity contribution in [3.63, 3.8) is 0 Å². The second kappa shape index (κ2) is 12.2. The highest BCUT2D eigenvalue weighted by Crippen LogP contribution is 1.98. The Morgan fingerprint density at radius 3 is 2.50 bits per heavy atom. The number of rotatable bonds is 7. The van der Waals surface area contributed by atoms with E-state index in [1.54, 1.807) is 25.2 Å². The van der Waals surface area contributed by atoms with Crippen molar-refractivity contribution in [3.8, 4) is 0 Å². The molecule has 2 aromatic rings. The molecule has 0 saturated carbocycles. The van der Waals surface area contributed by atoms with Crippen LogP contribution in [0.15, 0.2) is 59.7 Å². The average molecular weight is 467 g/mol. The quantitative estimate of drug-likeness (QED) is 0.372. The maximum atomic E-state index is 12.2. The zero-order valence-corrected chi connectivity index (χ0v) is 17.5. The van der Waals surface area contributed by atoms with Crippen LogP contribution in [0.2, 0.25) is 0 Å². The van der Waals surface area contributed by atoms with Gasteiger partial charge in [-0.25, -0.2) is 0 Å². The Morgan fingerprint density at radius 2 is 1.85 bits per heavy atom. The minimum absolute atomic E-state index is 0. The van der Waals surface area contributed by atoms with Crippen LogP contribution in [-0.4, -0.2) is 48.9 Å². The molecule has 7 heteroatoms. The first-order valence-corrected chi connectivity index (χ1v) is 8.31. The standard InChI is InChI=1S/C19H25N5O.HI/c1-20-19(22-14-16-8-4-3-5-9-16)23-15-18(25)24(2)13-11-17-10-6-7-12-21-17;/h3-10,12H,11,13-15H2,1-2H3,(H2,20,22,23);1H. The summed E-state index contributed by atoms with van der Waals surface area (Å²) in [5.41, 5.74) is 2.14. The van der Waals surface area contributed by atoms with Crippen molar-refractivity contribution in [1.29, 1.82) is 0 Å². The molecule has 1 aromatic heterocycles. The highest BCUT2D eigenvalue weighted by atomic mass is 127. The number of aromatic nitrogens is 1. The minimum atomic E-state index is 0. The number of amides is 1. The van der Waals surface area contributed by atoms with Crippen LogP contribution in [0.25, 0.3) is 0 Å². The fourth-order valence-electron chi connectivity index (χ4n) is 2.25. The van der Waals surface area contributed by atoms with E-state index in [0.29, 0.717) is 19.0 Å². The summed E-state index contributed by atoms with van der Waals surface area (Å²) in [6, 6.07) is 15.8. The van der Waals surface area contributed by atoms with Crippen LogP contribution in [0.5, 0.6) is 0 Å². The molecule has 0 unspecified atom stereocenters. The summed E-state index contributed by atoms with van der Waals surface area (Å²) < 4.78 is 0. The van der Waals surface area contributed by atoms with Crippen molar-refractivity contribution in [3.05, 3.63) is 66.0 Å². The van der Waals surface area contributed by atoms with Crippen LogP contribution in [0.4, 0.5) is 0 Å². The van der Waals surface area contributed by atoms with Gasteiger partial charge in [0.15, 0.2) is 5.96 Å². The smallest absolute Gasteiger partial charge is 0.241 e. The van der Waals surface area contributed by atoms with E-state index in [1.807, 2.05) is 48.5 Å². The summed E-state index contributed by atoms with van der Waals surface area (Å²) >= 11 is 0. The van der Waals surface area contributed by atoms with Gasteiger partial charge in [-0.05, 0) is 17.7 Å². The largest absolute Gasteiger partial charge is 0.352 e. The molecule has 26 heavy (non-hydrogen) atoms. The number of aliphatic imine (C=N–C) groups is 1. The van der Waals surface area contributed by atoms with E-state index in [2.05, 4.69) is 20.6 Å². The summed E-state index contributed by atoms with van der Waals surface area (Å²) in [5.74, 6) is 0.619. The Labute approximate surface area is 172 Å². The third-order valence-electron chi connectivity index (χ3n) is 3.79. The van der Waals surface area contributed by atoms with E-state index in [1.165, 1.54) is 0 Å². The van der Waals surface area contributed by atoms with E-state index in [4.69, 9.17) is 0 Å². The molecule has 0 aliphatic carbocycles. The average Bonchev–Trinajstić information content (AvgIpc) is 2.67. The van der Waals surface area contributed by atoms with Gasteiger partial charge in [-0.2, -0.15) is 0 Å². The maximum Gasteiger partial charge on any atom is 0.241 e. The predicted molar refractivity (Wildman–Crippen MR) is 116 cm³/mol. The molecule has 0 bridgehead atoms. The first-order chi connectivity index (χ1) is 12.2. The van der Waals surface area contributed by atoms with Crippen LogP contribution < -0.4 is 10.6 Å². The Morgan fingerprint density at radius 1 is 1.12 bits per heavy atom. The summed E-state index contributed by atoms with van der Waals surface area (Å²) in [4.78, 5) is 22.3. The van der Waals surface area contributed by atoms with Crippen molar-refractivity contribution in [1.82, 2.24) is 20.5 Å². The molecule has 1 heterocycles. The number of benzene rings is 1. The molecule has 0 aliphatic heterocycles. The van der Waals surface area contributed by atoms with E-state index in [0.717, 1.165) is 17.7 Å². The second-order valence-corrected chi connectivity index (χ2v) is 5.65. The highest BCUT2D eigenvalue weighted by Gasteiger charge is 2.09. The topological polar surface area (TPSA) is 69.6 Å². The van der Waals surface area contributed by atoms with Gasteiger partial charge in [-0.15, -0.1) is 24.0 Å². The van der Waals surface area contributed by atoms with Gasteiger partial charge < -0.3 is 15.5 Å². The molecule has 2 N–H and O–H groups in total. The molecule has 1 aromatic carbocycles. The summed E-state index contributed by atoms with van der Waals surface area (Å²) in [7, 11) is 3.49. The number of likely N-dealkylation sites (N-methyl/N-ethyl adjacent to an activating group) is 1. The molecule has 0 spiro atoms. The van der Waals surface area contributed by atoms with E-state index < -0.39 is 0 Å². The SMILES string of the molecule is CN=C(NCC(=O)N(C)CCc1ccccn1)NCc1ccccc1.I. The number of guanidine groups is 1. The van der Waals surface area contributed by atoms with Gasteiger partial charge in [0.05, 0.1) is 6.54 Å². The van der Waals surface area contributed by atoms with Crippen LogP contribution in [-0.2, 0) is 17.8 Å². The number of hydrogen-bond donors (Lipinski definition) is 2. The Kier molecular flexibility index (Phi) is 10.3. The lowest BCUT2D eigenvalue weighted by molar-refractivity contribution is -0.128. The zero-order valence-electron chi connectivity index (χ0n) is 15.2. The molecule has 0 aliphatic rings. The van der Waals surface area contributed by atoms with Crippen molar-refractivity contribution in [2.75, 3.05) is 27.2 Å². The van der Waals surface area contributed by atoms with Crippen LogP contribution >= 0.6 is 24.0 Å². The summed E-state index contributed by atoms with van der Waals surface area (Å²) in [6.07, 6.45) is 2.51. The van der Waals surface area contributed by atoms with Gasteiger partial charge in [-0.1, -0.05) is 36.4 Å². The van der Waals surface area contributed by atoms with E-state index in [-0.39, 0.29) is 36.4 Å². The van der Waals surface area contributed by atoms with Crippen LogP contribution in [0.1, 0.15) is 11.3 Å². The maximum absolute atomic E-state index is 12.2. The fourth-order valence-corrected chi connectivity index (χ4v) is 2.25. The van der Waals surface area contributed by atoms with Gasteiger partial charge in [0.25, 0.3) is 0 Å². The lowest BCUT2D eigenvalue weighted by atomic mass is 10.2. The molecule has 6 nitrogen and oxygen atoms in total. The first kappa shape index (κ1) is 21.9. The van der Waals surface area contributed by atoms with Gasteiger partial charge in [0, 0.05) is 45.5 Å². The summed E-state index contributed by atoms with van der Waals surface area (Å²) in [5, 5.41) is 6.25. The van der Waals surface area contributed by atoms with Gasteiger partial charge in [-0.3, -0.25) is 14.8 Å². The highest BCUT2D eigenvalue weighted by molar-refractivity contribution is 14.0. The molecule has 0 radical (unpaired) electrons. The predicted octanol–water partition coefficient (Wildman–Crippen LogP) is 2.07. The van der Waals surface area contributed by atoms with Crippen molar-refractivity contribution in [2.24, 2.45) is 4.99 Å². The van der Waals surface area contributed by atoms with Crippen molar-refractivity contribution >= 4 is 35.8 Å². The van der Waals surface area contributed by atoms with Gasteiger partial charge in [0.2, 0.25) is 5.91 Å². The van der Waals surface area contributed by atoms with E-state index in [9.17, 15) is 4.79 Å². The Hall–Kier alpha value is -2.16. The monoisotopic (exact) mass is 467 g/mol. The number of carbonyl (C=O) groups is 1. The number of pyridine rings is 1. The Bertz CT molecular complexity index is 679. The molecule has 0 saturated heterocycles. The number of hydrogen-bond acceptors (Lipinski definition) is 3. The van der Waals surface area contributed by atoms with Crippen molar-refractivity contribution in [2.45, 2.75) is 13.0 Å². The zero-order chi connectivity index (χ0) is 17.9. The minimum Gasteiger partial charge on any atom is -0.352 e. The fraction of sp³-hybridized carbons (Fsp3) is 0.316. The molecule has 0 fully saturated rings. The van der Waals surface area contributed by atoms with Gasteiger partial charge >= 0.3 is 0 Å². The van der Waals surface area contributed by atoms with Gasteiger partial charge in [0.1, 0.15) is 0 Å². The first-order valence-electron chi connectivity index (χ1n) is 8.31. The lowest BCUT2D eigenvalue weighted by Crippen LogP contribution is -2.43. The molecular weight excluding hydrogens is 441 g/mol. The molecule has 0 atom stereocenters. The van der Waals surface area contributed by atoms with Crippen molar-refractivity contribution < 1.29 is 4.79 Å². The molecule has 1 amide bonds. The lowest BCUT2D eigenvalue weighted by Gasteiger charge is -2.18. The molecule has 140 valence electrons. The summed E-state index contributed by atoms with van der Waals surface area (Å²) in [6.45, 7) is 1.49. The Balaban J connectivity index is 0.00000338. The number of nitrogens with one attached hydrogen (secondary N) is 2. The molecular formula is C19H26IN5O. The number of halogens is 1. The third-order valence-corrected chi connectivity index (χ3v) is 3.79. The molecule has 2 rings (SSSR count). The number of nitrogens with zero attached hydrogens (tertiary/aromatic N) is 3. The van der Waals surface area contributed by atoms with Crippen LogP contribution in [0, 0.1) is 0 Å². The van der Waals surface area contributed by atoms with Crippen LogP contribution in [0.3, 0.4) is 0 Å². The third kappa shape index (κ3) is 7.81.